The summed E-state index contributed by atoms with van der Waals surface area (Å²) in [6.07, 6.45) is 0.832. The van der Waals surface area contributed by atoms with Crippen LogP contribution in [0, 0.1) is 6.92 Å². The van der Waals surface area contributed by atoms with Gasteiger partial charge >= 0.3 is 0 Å². The van der Waals surface area contributed by atoms with Gasteiger partial charge in [0.2, 0.25) is 5.89 Å². The van der Waals surface area contributed by atoms with Gasteiger partial charge in [-0.25, -0.2) is 0 Å². The third-order valence-corrected chi connectivity index (χ3v) is 1.31. The van der Waals surface area contributed by atoms with E-state index in [4.69, 9.17) is 10.3 Å². The summed E-state index contributed by atoms with van der Waals surface area (Å²) in [5.41, 5.74) is 5.62. The number of rotatable bonds is 2. The molecule has 2 N–H and O–H groups in total. The van der Waals surface area contributed by atoms with Crippen LogP contribution in [0.5, 0.6) is 0 Å². The minimum Gasteiger partial charge on any atom is -0.340 e. The van der Waals surface area contributed by atoms with Gasteiger partial charge in [-0.05, 0) is 6.42 Å². The molecule has 0 aliphatic heterocycles. The first-order valence-corrected chi connectivity index (χ1v) is 3.29. The predicted octanol–water partition coefficient (Wildman–Crippen LogP) is 1.21. The van der Waals surface area contributed by atoms with Crippen molar-refractivity contribution in [2.45, 2.75) is 26.3 Å². The van der Waals surface area contributed by atoms with Crippen molar-refractivity contribution in [2.75, 3.05) is 0 Å². The molecule has 64 valence electrons. The molecule has 4 nitrogen and oxygen atoms in total. The van der Waals surface area contributed by atoms with Crippen molar-refractivity contribution < 1.29 is 4.52 Å². The molecule has 0 saturated carbocycles. The molecule has 0 aromatic carbocycles. The van der Waals surface area contributed by atoms with Crippen LogP contribution < -0.4 is 5.73 Å². The zero-order valence-electron chi connectivity index (χ0n) is 6.57. The summed E-state index contributed by atoms with van der Waals surface area (Å²) < 4.78 is 4.75. The second-order valence-electron chi connectivity index (χ2n) is 2.19. The lowest BCUT2D eigenvalue weighted by Gasteiger charge is -1.98. The van der Waals surface area contributed by atoms with Crippen molar-refractivity contribution in [3.8, 4) is 0 Å². The SMILES string of the molecule is CCC(N)c1noc(C)n1.Cl. The molecule has 1 atom stereocenters. The molecule has 0 aliphatic rings. The molecule has 0 saturated heterocycles. The molecule has 11 heavy (non-hydrogen) atoms. The maximum absolute atomic E-state index is 5.62. The first kappa shape index (κ1) is 10.4. The second kappa shape index (κ2) is 4.31. The van der Waals surface area contributed by atoms with Crippen molar-refractivity contribution in [1.29, 1.82) is 0 Å². The van der Waals surface area contributed by atoms with Crippen molar-refractivity contribution >= 4 is 12.4 Å². The topological polar surface area (TPSA) is 64.9 Å². The lowest BCUT2D eigenvalue weighted by atomic mass is 10.2. The number of nitrogens with two attached hydrogens (primary N) is 1. The molecule has 0 spiro atoms. The van der Waals surface area contributed by atoms with Crippen molar-refractivity contribution in [2.24, 2.45) is 5.73 Å². The Hall–Kier alpha value is -0.610. The molecule has 1 rings (SSSR count). The third kappa shape index (κ3) is 2.48. The van der Waals surface area contributed by atoms with Crippen LogP contribution in [0.15, 0.2) is 4.52 Å². The number of hydrogen-bond acceptors (Lipinski definition) is 4. The Morgan fingerprint density at radius 1 is 1.64 bits per heavy atom. The second-order valence-corrected chi connectivity index (χ2v) is 2.19. The number of nitrogens with zero attached hydrogens (tertiary/aromatic N) is 2. The van der Waals surface area contributed by atoms with E-state index in [1.165, 1.54) is 0 Å². The van der Waals surface area contributed by atoms with E-state index in [2.05, 4.69) is 10.1 Å². The summed E-state index contributed by atoms with van der Waals surface area (Å²) in [5, 5.41) is 3.68. The van der Waals surface area contributed by atoms with E-state index >= 15 is 0 Å². The van der Waals surface area contributed by atoms with Crippen LogP contribution >= 0.6 is 12.4 Å². The molecule has 1 aromatic heterocycles. The highest BCUT2D eigenvalue weighted by Gasteiger charge is 2.08. The summed E-state index contributed by atoms with van der Waals surface area (Å²) >= 11 is 0. The number of aryl methyl sites for hydroxylation is 1. The molecular weight excluding hydrogens is 166 g/mol. The van der Waals surface area contributed by atoms with Crippen LogP contribution in [0.4, 0.5) is 0 Å². The Balaban J connectivity index is 0.000001000. The molecule has 5 heteroatoms. The highest BCUT2D eigenvalue weighted by atomic mass is 35.5. The zero-order chi connectivity index (χ0) is 7.56. The summed E-state index contributed by atoms with van der Waals surface area (Å²) in [4.78, 5) is 3.98. The minimum absolute atomic E-state index is 0. The van der Waals surface area contributed by atoms with Gasteiger partial charge in [0.15, 0.2) is 5.82 Å². The highest BCUT2D eigenvalue weighted by molar-refractivity contribution is 5.85. The van der Waals surface area contributed by atoms with E-state index < -0.39 is 0 Å². The van der Waals surface area contributed by atoms with Gasteiger partial charge in [0, 0.05) is 6.92 Å². The van der Waals surface area contributed by atoms with E-state index in [0.29, 0.717) is 11.7 Å². The predicted molar refractivity (Wildman–Crippen MR) is 43.5 cm³/mol. The fourth-order valence-electron chi connectivity index (χ4n) is 0.648. The standard InChI is InChI=1S/C6H11N3O.ClH/c1-3-5(7)6-8-4(2)10-9-6;/h5H,3,7H2,1-2H3;1H. The van der Waals surface area contributed by atoms with Gasteiger partial charge in [0.05, 0.1) is 6.04 Å². The van der Waals surface area contributed by atoms with Gasteiger partial charge in [0.1, 0.15) is 0 Å². The summed E-state index contributed by atoms with van der Waals surface area (Å²) in [6, 6.07) is -0.0857. The van der Waals surface area contributed by atoms with Crippen LogP contribution in [-0.2, 0) is 0 Å². The van der Waals surface area contributed by atoms with Crippen LogP contribution in [0.3, 0.4) is 0 Å². The Kier molecular flexibility index (Phi) is 4.07. The van der Waals surface area contributed by atoms with E-state index in [-0.39, 0.29) is 18.4 Å². The zero-order valence-corrected chi connectivity index (χ0v) is 7.39. The quantitative estimate of drug-likeness (QED) is 0.738. The molecule has 1 unspecified atom stereocenters. The van der Waals surface area contributed by atoms with Gasteiger partial charge < -0.3 is 10.3 Å². The Morgan fingerprint density at radius 2 is 2.27 bits per heavy atom. The maximum Gasteiger partial charge on any atom is 0.223 e. The third-order valence-electron chi connectivity index (χ3n) is 1.31. The molecule has 0 aliphatic carbocycles. The van der Waals surface area contributed by atoms with Crippen molar-refractivity contribution in [3.63, 3.8) is 0 Å². The Labute approximate surface area is 71.6 Å². The Morgan fingerprint density at radius 3 is 2.64 bits per heavy atom. The number of hydrogen-bond donors (Lipinski definition) is 1. The smallest absolute Gasteiger partial charge is 0.223 e. The first-order valence-electron chi connectivity index (χ1n) is 3.29. The normalized spacial score (nSPS) is 12.3. The Bertz CT molecular complexity index is 213. The molecular formula is C6H12ClN3O. The largest absolute Gasteiger partial charge is 0.340 e. The highest BCUT2D eigenvalue weighted by Crippen LogP contribution is 2.07. The van der Waals surface area contributed by atoms with Crippen LogP contribution in [-0.4, -0.2) is 10.1 Å². The van der Waals surface area contributed by atoms with E-state index in [9.17, 15) is 0 Å². The number of halogens is 1. The summed E-state index contributed by atoms with van der Waals surface area (Å²) in [7, 11) is 0. The van der Waals surface area contributed by atoms with Crippen LogP contribution in [0.25, 0.3) is 0 Å². The average Bonchev–Trinajstić information content (AvgIpc) is 2.34. The average molecular weight is 178 g/mol. The van der Waals surface area contributed by atoms with Crippen LogP contribution in [0.2, 0.25) is 0 Å². The molecule has 1 heterocycles. The molecule has 0 fully saturated rings. The lowest BCUT2D eigenvalue weighted by molar-refractivity contribution is 0.382. The van der Waals surface area contributed by atoms with Gasteiger partial charge in [-0.2, -0.15) is 4.98 Å². The maximum atomic E-state index is 5.62. The number of aromatic nitrogens is 2. The fourth-order valence-corrected chi connectivity index (χ4v) is 0.648. The van der Waals surface area contributed by atoms with Gasteiger partial charge in [-0.15, -0.1) is 12.4 Å². The van der Waals surface area contributed by atoms with Gasteiger partial charge in [-0.1, -0.05) is 12.1 Å². The summed E-state index contributed by atoms with van der Waals surface area (Å²) in [6.45, 7) is 3.73. The van der Waals surface area contributed by atoms with E-state index in [1.54, 1.807) is 6.92 Å². The van der Waals surface area contributed by atoms with E-state index in [0.717, 1.165) is 6.42 Å². The van der Waals surface area contributed by atoms with E-state index in [1.807, 2.05) is 6.92 Å². The lowest BCUT2D eigenvalue weighted by Crippen LogP contribution is -2.10. The van der Waals surface area contributed by atoms with Crippen LogP contribution in [0.1, 0.15) is 31.1 Å². The first-order chi connectivity index (χ1) is 4.74. The monoisotopic (exact) mass is 177 g/mol. The molecule has 0 amide bonds. The fraction of sp³-hybridized carbons (Fsp3) is 0.667. The minimum atomic E-state index is -0.0857. The molecule has 0 bridgehead atoms. The summed E-state index contributed by atoms with van der Waals surface area (Å²) in [5.74, 6) is 1.17. The van der Waals surface area contributed by atoms with Crippen molar-refractivity contribution in [3.05, 3.63) is 11.7 Å². The van der Waals surface area contributed by atoms with Gasteiger partial charge in [0.25, 0.3) is 0 Å². The molecule has 0 radical (unpaired) electrons. The van der Waals surface area contributed by atoms with Crippen molar-refractivity contribution in [1.82, 2.24) is 10.1 Å². The molecule has 1 aromatic rings. The van der Waals surface area contributed by atoms with Gasteiger partial charge in [-0.3, -0.25) is 0 Å².